The van der Waals surface area contributed by atoms with E-state index in [1.807, 2.05) is 35.9 Å². The number of halogens is 1. The highest BCUT2D eigenvalue weighted by atomic mass is 35.5. The molecule has 1 N–H and O–H groups in total. The molecule has 0 aliphatic rings. The maximum Gasteiger partial charge on any atom is 0.257 e. The summed E-state index contributed by atoms with van der Waals surface area (Å²) in [6.45, 7) is 0. The number of hydrogen-bond acceptors (Lipinski definition) is 3. The van der Waals surface area contributed by atoms with Crippen LogP contribution in [0, 0.1) is 0 Å². The van der Waals surface area contributed by atoms with Crippen molar-refractivity contribution in [3.8, 4) is 17.0 Å². The molecule has 0 unspecified atom stereocenters. The van der Waals surface area contributed by atoms with Crippen LogP contribution < -0.4 is 10.1 Å². The van der Waals surface area contributed by atoms with Gasteiger partial charge in [0.1, 0.15) is 5.75 Å². The van der Waals surface area contributed by atoms with Gasteiger partial charge in [0.05, 0.1) is 19.0 Å². The molecule has 5 nitrogen and oxygen atoms in total. The van der Waals surface area contributed by atoms with Crippen molar-refractivity contribution in [3.63, 3.8) is 0 Å². The summed E-state index contributed by atoms with van der Waals surface area (Å²) < 4.78 is 6.99. The number of nitrogens with one attached hydrogen (secondary N) is 1. The summed E-state index contributed by atoms with van der Waals surface area (Å²) in [5, 5.41) is 3.39. The van der Waals surface area contributed by atoms with E-state index in [-0.39, 0.29) is 5.91 Å². The Hall–Kier alpha value is -2.79. The van der Waals surface area contributed by atoms with Crippen LogP contribution in [0.25, 0.3) is 11.3 Å². The van der Waals surface area contributed by atoms with Gasteiger partial charge in [0, 0.05) is 23.2 Å². The van der Waals surface area contributed by atoms with Crippen LogP contribution in [0.2, 0.25) is 5.02 Å². The molecule has 1 heterocycles. The molecule has 0 spiro atoms. The molecule has 0 bridgehead atoms. The van der Waals surface area contributed by atoms with E-state index < -0.39 is 0 Å². The van der Waals surface area contributed by atoms with E-state index >= 15 is 0 Å². The monoisotopic (exact) mass is 341 g/mol. The van der Waals surface area contributed by atoms with E-state index in [2.05, 4.69) is 10.3 Å². The van der Waals surface area contributed by atoms with Crippen LogP contribution in [0.3, 0.4) is 0 Å². The van der Waals surface area contributed by atoms with Gasteiger partial charge in [-0.3, -0.25) is 10.1 Å². The summed E-state index contributed by atoms with van der Waals surface area (Å²) in [7, 11) is 3.48. The topological polar surface area (TPSA) is 56.1 Å². The lowest BCUT2D eigenvalue weighted by atomic mass is 10.1. The normalized spacial score (nSPS) is 10.5. The van der Waals surface area contributed by atoms with Gasteiger partial charge in [0.2, 0.25) is 5.95 Å². The van der Waals surface area contributed by atoms with Gasteiger partial charge in [-0.25, -0.2) is 4.98 Å². The summed E-state index contributed by atoms with van der Waals surface area (Å²) in [5.74, 6) is 1.03. The molecule has 2 aromatic carbocycles. The zero-order valence-corrected chi connectivity index (χ0v) is 14.0. The Kier molecular flexibility index (Phi) is 4.53. The number of anilines is 1. The van der Waals surface area contributed by atoms with Gasteiger partial charge in [0.25, 0.3) is 5.91 Å². The predicted molar refractivity (Wildman–Crippen MR) is 94.6 cm³/mol. The Bertz CT molecular complexity index is 855. The van der Waals surface area contributed by atoms with Gasteiger partial charge in [-0.15, -0.1) is 0 Å². The third-order valence-corrected chi connectivity index (χ3v) is 3.96. The van der Waals surface area contributed by atoms with Crippen molar-refractivity contribution < 1.29 is 9.53 Å². The third kappa shape index (κ3) is 3.26. The second-order valence-electron chi connectivity index (χ2n) is 5.22. The van der Waals surface area contributed by atoms with Crippen molar-refractivity contribution in [1.29, 1.82) is 0 Å². The summed E-state index contributed by atoms with van der Waals surface area (Å²) >= 11 is 5.84. The van der Waals surface area contributed by atoms with Crippen LogP contribution in [-0.4, -0.2) is 22.6 Å². The summed E-state index contributed by atoms with van der Waals surface area (Å²) in [5.41, 5.74) is 2.40. The number of hydrogen-bond donors (Lipinski definition) is 1. The average molecular weight is 342 g/mol. The van der Waals surface area contributed by atoms with E-state index in [4.69, 9.17) is 16.3 Å². The van der Waals surface area contributed by atoms with Crippen molar-refractivity contribution in [2.45, 2.75) is 0 Å². The first-order chi connectivity index (χ1) is 11.6. The van der Waals surface area contributed by atoms with Crippen LogP contribution in [0.4, 0.5) is 5.95 Å². The van der Waals surface area contributed by atoms with Crippen LogP contribution >= 0.6 is 11.6 Å². The van der Waals surface area contributed by atoms with Crippen molar-refractivity contribution in [1.82, 2.24) is 9.55 Å². The predicted octanol–water partition coefficient (Wildman–Crippen LogP) is 4.00. The van der Waals surface area contributed by atoms with Crippen LogP contribution in [-0.2, 0) is 7.05 Å². The minimum Gasteiger partial charge on any atom is -0.497 e. The fourth-order valence-electron chi connectivity index (χ4n) is 2.33. The molecule has 0 saturated heterocycles. The number of aromatic nitrogens is 2. The van der Waals surface area contributed by atoms with E-state index in [0.717, 1.165) is 17.0 Å². The van der Waals surface area contributed by atoms with Gasteiger partial charge in [-0.05, 0) is 48.5 Å². The van der Waals surface area contributed by atoms with Crippen molar-refractivity contribution in [3.05, 3.63) is 65.3 Å². The minimum atomic E-state index is -0.235. The second kappa shape index (κ2) is 6.76. The molecule has 3 aromatic rings. The molecule has 24 heavy (non-hydrogen) atoms. The Balaban J connectivity index is 1.81. The highest BCUT2D eigenvalue weighted by molar-refractivity contribution is 6.30. The summed E-state index contributed by atoms with van der Waals surface area (Å²) in [4.78, 5) is 16.6. The van der Waals surface area contributed by atoms with E-state index in [9.17, 15) is 4.79 Å². The number of rotatable bonds is 4. The molecule has 3 rings (SSSR count). The molecular formula is C18H16ClN3O2. The highest BCUT2D eigenvalue weighted by Crippen LogP contribution is 2.24. The number of benzene rings is 2. The first-order valence-corrected chi connectivity index (χ1v) is 7.69. The largest absolute Gasteiger partial charge is 0.497 e. The standard InChI is InChI=1S/C18H16ClN3O2/c1-22-16(12-5-9-15(24-2)10-6-12)11-20-18(22)21-17(23)13-3-7-14(19)8-4-13/h3-11H,1-2H3,(H,20,21,23). The zero-order valence-electron chi connectivity index (χ0n) is 13.3. The van der Waals surface area contributed by atoms with Crippen molar-refractivity contribution >= 4 is 23.5 Å². The smallest absolute Gasteiger partial charge is 0.257 e. The molecule has 1 amide bonds. The number of carbonyl (C=O) groups is 1. The second-order valence-corrected chi connectivity index (χ2v) is 5.65. The lowest BCUT2D eigenvalue weighted by molar-refractivity contribution is 0.102. The maximum atomic E-state index is 12.3. The molecule has 0 aliphatic heterocycles. The number of methoxy groups -OCH3 is 1. The fraction of sp³-hybridized carbons (Fsp3) is 0.111. The van der Waals surface area contributed by atoms with Crippen LogP contribution in [0.15, 0.2) is 54.7 Å². The molecule has 0 atom stereocenters. The SMILES string of the molecule is COc1ccc(-c2cnc(NC(=O)c3ccc(Cl)cc3)n2C)cc1. The molecular weight excluding hydrogens is 326 g/mol. The van der Waals surface area contributed by atoms with Crippen LogP contribution in [0.5, 0.6) is 5.75 Å². The Morgan fingerprint density at radius 1 is 1.12 bits per heavy atom. The molecule has 0 saturated carbocycles. The third-order valence-electron chi connectivity index (χ3n) is 3.71. The molecule has 1 aromatic heterocycles. The molecule has 0 fully saturated rings. The first kappa shape index (κ1) is 16.1. The quantitative estimate of drug-likeness (QED) is 0.780. The van der Waals surface area contributed by atoms with E-state index in [0.29, 0.717) is 16.5 Å². The Labute approximate surface area is 144 Å². The maximum absolute atomic E-state index is 12.3. The molecule has 6 heteroatoms. The van der Waals surface area contributed by atoms with Gasteiger partial charge < -0.3 is 9.30 Å². The Morgan fingerprint density at radius 3 is 2.42 bits per heavy atom. The average Bonchev–Trinajstić information content (AvgIpc) is 2.96. The molecule has 0 radical (unpaired) electrons. The van der Waals surface area contributed by atoms with E-state index in [1.165, 1.54) is 0 Å². The number of amides is 1. The zero-order chi connectivity index (χ0) is 17.1. The first-order valence-electron chi connectivity index (χ1n) is 7.31. The summed E-state index contributed by atoms with van der Waals surface area (Å²) in [6, 6.07) is 14.4. The molecule has 0 aliphatic carbocycles. The van der Waals surface area contributed by atoms with Crippen molar-refractivity contribution in [2.75, 3.05) is 12.4 Å². The number of ether oxygens (including phenoxy) is 1. The minimum absolute atomic E-state index is 0.235. The van der Waals surface area contributed by atoms with Crippen LogP contribution in [0.1, 0.15) is 10.4 Å². The van der Waals surface area contributed by atoms with Gasteiger partial charge in [-0.2, -0.15) is 0 Å². The van der Waals surface area contributed by atoms with Gasteiger partial charge in [0.15, 0.2) is 0 Å². The number of nitrogens with zero attached hydrogens (tertiary/aromatic N) is 2. The van der Waals surface area contributed by atoms with Gasteiger partial charge >= 0.3 is 0 Å². The Morgan fingerprint density at radius 2 is 1.79 bits per heavy atom. The summed E-state index contributed by atoms with van der Waals surface area (Å²) in [6.07, 6.45) is 1.72. The number of imidazole rings is 1. The molecule has 122 valence electrons. The van der Waals surface area contributed by atoms with Crippen molar-refractivity contribution in [2.24, 2.45) is 7.05 Å². The fourth-order valence-corrected chi connectivity index (χ4v) is 2.46. The van der Waals surface area contributed by atoms with E-state index in [1.54, 1.807) is 37.6 Å². The highest BCUT2D eigenvalue weighted by Gasteiger charge is 2.12. The lowest BCUT2D eigenvalue weighted by Gasteiger charge is -2.08. The number of carbonyl (C=O) groups excluding carboxylic acids is 1. The van der Waals surface area contributed by atoms with Gasteiger partial charge in [-0.1, -0.05) is 11.6 Å². The lowest BCUT2D eigenvalue weighted by Crippen LogP contribution is -2.15.